The Hall–Kier alpha value is 0.280. The quantitative estimate of drug-likeness (QED) is 0.579. The minimum Gasteiger partial charge on any atom is -0.373 e. The van der Waals surface area contributed by atoms with Crippen molar-refractivity contribution in [1.82, 2.24) is 0 Å². The predicted octanol–water partition coefficient (Wildman–Crippen LogP) is 2.24. The fourth-order valence-electron chi connectivity index (χ4n) is 4.92. The van der Waals surface area contributed by atoms with E-state index in [2.05, 4.69) is 6.08 Å². The highest BCUT2D eigenvalue weighted by molar-refractivity contribution is 6.37. The maximum absolute atomic E-state index is 6.38. The summed E-state index contributed by atoms with van der Waals surface area (Å²) in [6.07, 6.45) is 3.18. The Morgan fingerprint density at radius 1 is 1.00 bits per heavy atom. The number of halogens is 2. The first-order valence-corrected chi connectivity index (χ1v) is 6.27. The molecule has 5 rings (SSSR count). The van der Waals surface area contributed by atoms with Crippen molar-refractivity contribution in [1.29, 1.82) is 0 Å². The van der Waals surface area contributed by atoms with Gasteiger partial charge in [-0.1, -0.05) is 17.7 Å². The van der Waals surface area contributed by atoms with E-state index < -0.39 is 0 Å². The summed E-state index contributed by atoms with van der Waals surface area (Å²) in [5, 5.41) is 0.925. The number of hydrogen-bond acceptors (Lipinski definition) is 1. The molecule has 0 radical (unpaired) electrons. The highest BCUT2D eigenvalue weighted by Crippen LogP contribution is 2.80. The van der Waals surface area contributed by atoms with Crippen molar-refractivity contribution in [2.45, 2.75) is 17.6 Å². The molecule has 0 aromatic carbocycles. The minimum absolute atomic E-state index is 0.0374. The number of fused-ring (bicyclic) bond motifs is 3. The molecule has 9 unspecified atom stereocenters. The number of alkyl halides is 1. The minimum atomic E-state index is 0.0374. The molecule has 14 heavy (non-hydrogen) atoms. The van der Waals surface area contributed by atoms with Gasteiger partial charge in [0.05, 0.1) is 17.6 Å². The molecule has 1 aliphatic heterocycles. The molecule has 1 heterocycles. The topological polar surface area (TPSA) is 9.23 Å². The van der Waals surface area contributed by atoms with Gasteiger partial charge in [-0.3, -0.25) is 0 Å². The fraction of sp³-hybridized carbons (Fsp3) is 0.818. The van der Waals surface area contributed by atoms with Gasteiger partial charge in [0.2, 0.25) is 0 Å². The molecule has 5 aliphatic rings. The lowest BCUT2D eigenvalue weighted by atomic mass is 9.67. The first-order chi connectivity index (χ1) is 6.79. The second-order valence-corrected chi connectivity index (χ2v) is 6.39. The first-order valence-electron chi connectivity index (χ1n) is 5.46. The Kier molecular flexibility index (Phi) is 1.03. The third-order valence-corrected chi connectivity index (χ3v) is 6.31. The van der Waals surface area contributed by atoms with Crippen LogP contribution in [-0.4, -0.2) is 17.6 Å². The molecule has 4 bridgehead atoms. The van der Waals surface area contributed by atoms with Crippen LogP contribution in [0.4, 0.5) is 0 Å². The molecule has 0 N–H and O–H groups in total. The van der Waals surface area contributed by atoms with Crippen LogP contribution >= 0.6 is 23.2 Å². The van der Waals surface area contributed by atoms with E-state index in [-0.39, 0.29) is 5.38 Å². The van der Waals surface area contributed by atoms with Gasteiger partial charge in [-0.15, -0.1) is 11.6 Å². The van der Waals surface area contributed by atoms with Crippen LogP contribution in [0.25, 0.3) is 0 Å². The third kappa shape index (κ3) is 0.530. The molecule has 3 heteroatoms. The Balaban J connectivity index is 1.75. The zero-order valence-electron chi connectivity index (χ0n) is 7.44. The van der Waals surface area contributed by atoms with E-state index >= 15 is 0 Å². The molecule has 4 aliphatic carbocycles. The highest BCUT2D eigenvalue weighted by atomic mass is 35.5. The molecule has 3 saturated carbocycles. The van der Waals surface area contributed by atoms with Crippen molar-refractivity contribution < 1.29 is 4.74 Å². The monoisotopic (exact) mass is 228 g/mol. The standard InChI is InChI=1S/C11H10Cl2O/c12-3-1-2-4-5-6-7(5)11(4)14-10(2)8(6)9(3)13/h1-2,4-11H. The van der Waals surface area contributed by atoms with E-state index in [9.17, 15) is 0 Å². The van der Waals surface area contributed by atoms with E-state index in [0.717, 1.165) is 28.7 Å². The average molecular weight is 229 g/mol. The Morgan fingerprint density at radius 2 is 1.79 bits per heavy atom. The van der Waals surface area contributed by atoms with Crippen LogP contribution in [0, 0.1) is 35.5 Å². The average Bonchev–Trinajstić information content (AvgIpc) is 2.78. The molecule has 0 amide bonds. The van der Waals surface area contributed by atoms with E-state index in [1.807, 2.05) is 0 Å². The summed E-state index contributed by atoms with van der Waals surface area (Å²) in [4.78, 5) is 0. The molecular formula is C11H10Cl2O. The van der Waals surface area contributed by atoms with Crippen LogP contribution in [-0.2, 0) is 4.74 Å². The van der Waals surface area contributed by atoms with Crippen LogP contribution in [0.5, 0.6) is 0 Å². The van der Waals surface area contributed by atoms with Gasteiger partial charge >= 0.3 is 0 Å². The summed E-state index contributed by atoms with van der Waals surface area (Å²) in [5.74, 6) is 4.63. The van der Waals surface area contributed by atoms with Crippen LogP contribution in [0.1, 0.15) is 0 Å². The molecule has 1 nitrogen and oxygen atoms in total. The van der Waals surface area contributed by atoms with Crippen molar-refractivity contribution in [2.75, 3.05) is 0 Å². The van der Waals surface area contributed by atoms with Crippen molar-refractivity contribution in [3.05, 3.63) is 11.1 Å². The molecule has 0 aromatic heterocycles. The van der Waals surface area contributed by atoms with E-state index in [1.54, 1.807) is 0 Å². The van der Waals surface area contributed by atoms with E-state index in [4.69, 9.17) is 27.9 Å². The molecule has 4 fully saturated rings. The van der Waals surface area contributed by atoms with Gasteiger partial charge in [-0.25, -0.2) is 0 Å². The van der Waals surface area contributed by atoms with Crippen LogP contribution in [0.2, 0.25) is 0 Å². The zero-order chi connectivity index (χ0) is 9.19. The maximum Gasteiger partial charge on any atom is 0.0745 e. The van der Waals surface area contributed by atoms with Crippen molar-refractivity contribution in [3.63, 3.8) is 0 Å². The Bertz CT molecular complexity index is 379. The summed E-state index contributed by atoms with van der Waals surface area (Å²) in [7, 11) is 0. The lowest BCUT2D eigenvalue weighted by Crippen LogP contribution is -2.42. The summed E-state index contributed by atoms with van der Waals surface area (Å²) < 4.78 is 6.08. The maximum atomic E-state index is 6.38. The van der Waals surface area contributed by atoms with Crippen molar-refractivity contribution >= 4 is 23.2 Å². The summed E-state index contributed by atoms with van der Waals surface area (Å²) in [6.45, 7) is 0. The lowest BCUT2D eigenvalue weighted by Gasteiger charge is -2.39. The molecule has 74 valence electrons. The summed E-state index contributed by atoms with van der Waals surface area (Å²) in [5.41, 5.74) is 0. The van der Waals surface area contributed by atoms with Gasteiger partial charge in [0, 0.05) is 16.9 Å². The Morgan fingerprint density at radius 3 is 2.64 bits per heavy atom. The van der Waals surface area contributed by atoms with Crippen molar-refractivity contribution in [3.8, 4) is 0 Å². The van der Waals surface area contributed by atoms with E-state index in [0.29, 0.717) is 24.0 Å². The first kappa shape index (κ1) is 7.54. The Labute approximate surface area is 92.4 Å². The van der Waals surface area contributed by atoms with Gasteiger partial charge in [0.25, 0.3) is 0 Å². The van der Waals surface area contributed by atoms with Crippen molar-refractivity contribution in [2.24, 2.45) is 35.5 Å². The fourth-order valence-corrected chi connectivity index (χ4v) is 5.60. The van der Waals surface area contributed by atoms with Crippen LogP contribution in [0.15, 0.2) is 11.1 Å². The lowest BCUT2D eigenvalue weighted by molar-refractivity contribution is -0.0563. The number of allylic oxidation sites excluding steroid dienone is 1. The van der Waals surface area contributed by atoms with Gasteiger partial charge in [0.15, 0.2) is 0 Å². The van der Waals surface area contributed by atoms with Crippen LogP contribution < -0.4 is 0 Å². The van der Waals surface area contributed by atoms with Crippen LogP contribution in [0.3, 0.4) is 0 Å². The highest BCUT2D eigenvalue weighted by Gasteiger charge is 2.83. The second-order valence-electron chi connectivity index (χ2n) is 5.48. The van der Waals surface area contributed by atoms with Gasteiger partial charge in [-0.05, 0) is 23.7 Å². The largest absolute Gasteiger partial charge is 0.373 e. The third-order valence-electron chi connectivity index (χ3n) is 5.31. The SMILES string of the molecule is ClC1=CC2C3OC4C2C2C4C2C3C1Cl. The smallest absolute Gasteiger partial charge is 0.0745 e. The number of hydrogen-bond donors (Lipinski definition) is 0. The van der Waals surface area contributed by atoms with Gasteiger partial charge in [0.1, 0.15) is 0 Å². The zero-order valence-corrected chi connectivity index (χ0v) is 8.95. The molecule has 1 saturated heterocycles. The molecular weight excluding hydrogens is 219 g/mol. The number of rotatable bonds is 0. The molecule has 0 spiro atoms. The molecule has 9 atom stereocenters. The van der Waals surface area contributed by atoms with E-state index in [1.165, 1.54) is 0 Å². The second kappa shape index (κ2) is 1.92. The predicted molar refractivity (Wildman–Crippen MR) is 53.2 cm³/mol. The molecule has 0 aromatic rings. The normalized spacial score (nSPS) is 75.3. The van der Waals surface area contributed by atoms with Gasteiger partial charge < -0.3 is 4.74 Å². The summed E-state index contributed by atoms with van der Waals surface area (Å²) >= 11 is 12.6. The van der Waals surface area contributed by atoms with Gasteiger partial charge in [-0.2, -0.15) is 0 Å². The summed E-state index contributed by atoms with van der Waals surface area (Å²) in [6, 6.07) is 0. The number of ether oxygens (including phenoxy) is 1.